The fourth-order valence-electron chi connectivity index (χ4n) is 2.14. The van der Waals surface area contributed by atoms with Crippen LogP contribution in [0.3, 0.4) is 0 Å². The maximum atomic E-state index is 3.74. The first-order chi connectivity index (χ1) is 5.33. The molecule has 0 spiro atoms. The molecule has 1 fully saturated rings. The highest BCUT2D eigenvalue weighted by molar-refractivity contribution is 4.74. The first-order valence-electron chi connectivity index (χ1n) is 4.94. The van der Waals surface area contributed by atoms with E-state index in [0.717, 1.165) is 11.8 Å². The molecule has 1 rings (SSSR count). The highest BCUT2D eigenvalue weighted by Crippen LogP contribution is 2.33. The van der Waals surface area contributed by atoms with Crippen LogP contribution in [-0.4, -0.2) is 0 Å². The van der Waals surface area contributed by atoms with Crippen LogP contribution in [0.4, 0.5) is 0 Å². The molecule has 1 aliphatic rings. The van der Waals surface area contributed by atoms with Gasteiger partial charge in [0.15, 0.2) is 0 Å². The minimum atomic E-state index is 1.00. The lowest BCUT2D eigenvalue weighted by Crippen LogP contribution is -1.93. The molecule has 1 aliphatic carbocycles. The van der Waals surface area contributed by atoms with Crippen molar-refractivity contribution in [3.05, 3.63) is 12.7 Å². The van der Waals surface area contributed by atoms with Crippen LogP contribution in [0, 0.1) is 11.8 Å². The molecule has 2 unspecified atom stereocenters. The van der Waals surface area contributed by atoms with Gasteiger partial charge in [0.25, 0.3) is 0 Å². The lowest BCUT2D eigenvalue weighted by Gasteiger charge is -2.06. The van der Waals surface area contributed by atoms with Gasteiger partial charge in [-0.05, 0) is 31.1 Å². The van der Waals surface area contributed by atoms with E-state index in [1.807, 2.05) is 6.08 Å². The predicted molar refractivity (Wildman–Crippen MR) is 50.6 cm³/mol. The van der Waals surface area contributed by atoms with E-state index in [2.05, 4.69) is 13.5 Å². The third-order valence-electron chi connectivity index (χ3n) is 2.82. The summed E-state index contributed by atoms with van der Waals surface area (Å²) in [7, 11) is 0. The third kappa shape index (κ3) is 3.09. The second-order valence-electron chi connectivity index (χ2n) is 4.00. The average molecular weight is 152 g/mol. The third-order valence-corrected chi connectivity index (χ3v) is 2.82. The summed E-state index contributed by atoms with van der Waals surface area (Å²) in [5.74, 6) is 2.05. The van der Waals surface area contributed by atoms with Crippen LogP contribution >= 0.6 is 0 Å². The minimum absolute atomic E-state index is 1.00. The number of unbranched alkanes of at least 4 members (excludes halogenated alkanes) is 1. The van der Waals surface area contributed by atoms with Crippen molar-refractivity contribution in [2.24, 2.45) is 11.8 Å². The molecule has 0 saturated heterocycles. The maximum Gasteiger partial charge on any atom is -0.0353 e. The van der Waals surface area contributed by atoms with Crippen LogP contribution in [-0.2, 0) is 0 Å². The zero-order chi connectivity index (χ0) is 8.10. The fourth-order valence-corrected chi connectivity index (χ4v) is 2.14. The summed E-state index contributed by atoms with van der Waals surface area (Å²) in [6.45, 7) is 6.12. The molecular weight excluding hydrogens is 132 g/mol. The number of allylic oxidation sites excluding steroid dienone is 1. The summed E-state index contributed by atoms with van der Waals surface area (Å²) in [5, 5.41) is 0. The Balaban J connectivity index is 2.03. The summed E-state index contributed by atoms with van der Waals surface area (Å²) < 4.78 is 0. The highest BCUT2D eigenvalue weighted by atomic mass is 14.3. The van der Waals surface area contributed by atoms with Crippen molar-refractivity contribution in [2.75, 3.05) is 0 Å². The van der Waals surface area contributed by atoms with E-state index in [1.54, 1.807) is 0 Å². The number of rotatable bonds is 4. The van der Waals surface area contributed by atoms with Gasteiger partial charge in [0.05, 0.1) is 0 Å². The fraction of sp³-hybridized carbons (Fsp3) is 0.818. The Labute approximate surface area is 70.7 Å². The van der Waals surface area contributed by atoms with E-state index in [4.69, 9.17) is 0 Å². The van der Waals surface area contributed by atoms with Gasteiger partial charge in [-0.3, -0.25) is 0 Å². The van der Waals surface area contributed by atoms with Crippen molar-refractivity contribution >= 4 is 0 Å². The largest absolute Gasteiger partial charge is 0.103 e. The topological polar surface area (TPSA) is 0 Å². The molecule has 0 aliphatic heterocycles. The first kappa shape index (κ1) is 8.83. The van der Waals surface area contributed by atoms with Gasteiger partial charge in [-0.15, -0.1) is 6.58 Å². The Kier molecular flexibility index (Phi) is 3.68. The van der Waals surface area contributed by atoms with E-state index in [0.29, 0.717) is 0 Å². The second-order valence-corrected chi connectivity index (χ2v) is 4.00. The maximum absolute atomic E-state index is 3.74. The smallest absolute Gasteiger partial charge is 0.0353 e. The van der Waals surface area contributed by atoms with E-state index in [-0.39, 0.29) is 0 Å². The molecule has 0 nitrogen and oxygen atoms in total. The van der Waals surface area contributed by atoms with Crippen LogP contribution < -0.4 is 0 Å². The van der Waals surface area contributed by atoms with Gasteiger partial charge < -0.3 is 0 Å². The molecule has 2 atom stereocenters. The molecule has 0 radical (unpaired) electrons. The molecule has 0 bridgehead atoms. The monoisotopic (exact) mass is 152 g/mol. The zero-order valence-corrected chi connectivity index (χ0v) is 7.68. The molecule has 0 aromatic heterocycles. The summed E-state index contributed by atoms with van der Waals surface area (Å²) in [4.78, 5) is 0. The second kappa shape index (κ2) is 4.58. The Morgan fingerprint density at radius 2 is 2.27 bits per heavy atom. The van der Waals surface area contributed by atoms with E-state index >= 15 is 0 Å². The van der Waals surface area contributed by atoms with Gasteiger partial charge in [-0.2, -0.15) is 0 Å². The predicted octanol–water partition coefficient (Wildman–Crippen LogP) is 3.78. The van der Waals surface area contributed by atoms with Gasteiger partial charge in [-0.1, -0.05) is 32.3 Å². The summed E-state index contributed by atoms with van der Waals surface area (Å²) in [6, 6.07) is 0. The molecule has 64 valence electrons. The van der Waals surface area contributed by atoms with Crippen molar-refractivity contribution in [1.29, 1.82) is 0 Å². The first-order valence-corrected chi connectivity index (χ1v) is 4.94. The molecule has 0 heterocycles. The highest BCUT2D eigenvalue weighted by Gasteiger charge is 2.19. The molecule has 1 saturated carbocycles. The van der Waals surface area contributed by atoms with Gasteiger partial charge in [-0.25, -0.2) is 0 Å². The quantitative estimate of drug-likeness (QED) is 0.425. The lowest BCUT2D eigenvalue weighted by atomic mass is 9.99. The molecule has 11 heavy (non-hydrogen) atoms. The van der Waals surface area contributed by atoms with Crippen LogP contribution in [0.2, 0.25) is 0 Å². The van der Waals surface area contributed by atoms with Gasteiger partial charge in [0.2, 0.25) is 0 Å². The zero-order valence-electron chi connectivity index (χ0n) is 7.68. The molecule has 0 aromatic rings. The van der Waals surface area contributed by atoms with E-state index < -0.39 is 0 Å². The van der Waals surface area contributed by atoms with E-state index in [9.17, 15) is 0 Å². The summed E-state index contributed by atoms with van der Waals surface area (Å²) in [5.41, 5.74) is 0. The van der Waals surface area contributed by atoms with Crippen LogP contribution in [0.25, 0.3) is 0 Å². The van der Waals surface area contributed by atoms with Gasteiger partial charge >= 0.3 is 0 Å². The lowest BCUT2D eigenvalue weighted by molar-refractivity contribution is 0.466. The summed E-state index contributed by atoms with van der Waals surface area (Å²) in [6.07, 6.45) is 10.5. The van der Waals surface area contributed by atoms with Crippen LogP contribution in [0.15, 0.2) is 12.7 Å². The molecule has 0 heteroatoms. The van der Waals surface area contributed by atoms with Gasteiger partial charge in [0.1, 0.15) is 0 Å². The molecule has 0 aromatic carbocycles. The Morgan fingerprint density at radius 3 is 2.82 bits per heavy atom. The molecular formula is C11H20. The van der Waals surface area contributed by atoms with Crippen molar-refractivity contribution in [1.82, 2.24) is 0 Å². The van der Waals surface area contributed by atoms with Crippen LogP contribution in [0.1, 0.15) is 45.4 Å². The molecule has 0 amide bonds. The van der Waals surface area contributed by atoms with Crippen molar-refractivity contribution < 1.29 is 0 Å². The SMILES string of the molecule is C=CCCCC1CCC(C)C1. The Bertz CT molecular complexity index is 115. The normalized spacial score (nSPS) is 30.6. The van der Waals surface area contributed by atoms with Crippen molar-refractivity contribution in [2.45, 2.75) is 45.4 Å². The number of hydrogen-bond donors (Lipinski definition) is 0. The van der Waals surface area contributed by atoms with E-state index in [1.165, 1.54) is 38.5 Å². The van der Waals surface area contributed by atoms with Crippen LogP contribution in [0.5, 0.6) is 0 Å². The summed E-state index contributed by atoms with van der Waals surface area (Å²) >= 11 is 0. The van der Waals surface area contributed by atoms with Crippen molar-refractivity contribution in [3.63, 3.8) is 0 Å². The van der Waals surface area contributed by atoms with Gasteiger partial charge in [0, 0.05) is 0 Å². The molecule has 0 N–H and O–H groups in total. The standard InChI is InChI=1S/C11H20/c1-3-4-5-6-11-8-7-10(2)9-11/h3,10-11H,1,4-9H2,2H3. The Hall–Kier alpha value is -0.260. The minimum Gasteiger partial charge on any atom is -0.103 e. The van der Waals surface area contributed by atoms with Crippen molar-refractivity contribution in [3.8, 4) is 0 Å². The number of hydrogen-bond acceptors (Lipinski definition) is 0. The average Bonchev–Trinajstić information content (AvgIpc) is 2.37. The Morgan fingerprint density at radius 1 is 1.45 bits per heavy atom.